The normalized spacial score (nSPS) is 29.0. The molecule has 0 N–H and O–H groups in total. The third-order valence-corrected chi connectivity index (χ3v) is 8.32. The van der Waals surface area contributed by atoms with Gasteiger partial charge in [-0.1, -0.05) is 0 Å². The first-order valence-electron chi connectivity index (χ1n) is 12.3. The van der Waals surface area contributed by atoms with Crippen LogP contribution in [0, 0.1) is 5.41 Å². The van der Waals surface area contributed by atoms with Crippen molar-refractivity contribution in [2.45, 2.75) is 55.7 Å². The smallest absolute Gasteiger partial charge is 0.373 e. The molecule has 3 aromatic heterocycles. The van der Waals surface area contributed by atoms with Gasteiger partial charge in [0.2, 0.25) is 0 Å². The molecule has 37 heavy (non-hydrogen) atoms. The van der Waals surface area contributed by atoms with Crippen molar-refractivity contribution in [1.82, 2.24) is 24.4 Å². The molecule has 4 heterocycles. The average molecular weight is 517 g/mol. The molecule has 0 amide bonds. The molecule has 2 unspecified atom stereocenters. The third kappa shape index (κ3) is 3.52. The summed E-state index contributed by atoms with van der Waals surface area (Å²) < 4.78 is 49.4. The largest absolute Gasteiger partial charge is 0.394 e. The second kappa shape index (κ2) is 7.86. The fourth-order valence-corrected chi connectivity index (χ4v) is 6.31. The summed E-state index contributed by atoms with van der Waals surface area (Å²) in [5.74, 6) is 0.286. The van der Waals surface area contributed by atoms with Gasteiger partial charge in [0.15, 0.2) is 0 Å². The van der Waals surface area contributed by atoms with E-state index < -0.39 is 22.6 Å². The number of hydrogen-bond donors (Lipinski definition) is 0. The van der Waals surface area contributed by atoms with Crippen LogP contribution in [0.3, 0.4) is 0 Å². The molecule has 12 heteroatoms. The van der Waals surface area contributed by atoms with Gasteiger partial charge in [0, 0.05) is 56.7 Å². The number of pyridine rings is 1. The Morgan fingerprint density at radius 1 is 1.14 bits per heavy atom. The molecule has 4 aliphatic rings. The molecule has 0 radical (unpaired) electrons. The number of nitrogens with zero attached hydrogens (tertiary/aromatic N) is 6. The Kier molecular flexibility index (Phi) is 5.11. The minimum Gasteiger partial charge on any atom is -0.373 e. The van der Waals surface area contributed by atoms with Gasteiger partial charge in [-0.2, -0.15) is 18.3 Å². The van der Waals surface area contributed by atoms with Crippen molar-refractivity contribution in [2.75, 3.05) is 25.7 Å². The first-order valence-corrected chi connectivity index (χ1v) is 12.3. The summed E-state index contributed by atoms with van der Waals surface area (Å²) >= 11 is 0. The molecule has 2 bridgehead atoms. The van der Waals surface area contributed by atoms with Gasteiger partial charge in [-0.05, 0) is 43.7 Å². The molecular weight excluding hydrogens is 489 g/mol. The maximum absolute atomic E-state index is 13.6. The topological polar surface area (TPSA) is 95.1 Å². The van der Waals surface area contributed by atoms with Crippen LogP contribution < -0.4 is 16.1 Å². The number of aryl methyl sites for hydroxylation is 1. The number of rotatable bonds is 4. The molecule has 1 saturated heterocycles. The summed E-state index contributed by atoms with van der Waals surface area (Å²) in [6.45, 7) is 0.420. The number of hydrogen-bond acceptors (Lipinski definition) is 7. The van der Waals surface area contributed by atoms with Crippen LogP contribution in [0.15, 0.2) is 34.1 Å². The number of aromatic nitrogens is 5. The Bertz CT molecular complexity index is 1510. The highest BCUT2D eigenvalue weighted by atomic mass is 19.4. The van der Waals surface area contributed by atoms with Crippen LogP contribution in [0.5, 0.6) is 0 Å². The highest BCUT2D eigenvalue weighted by Crippen LogP contribution is 2.78. The van der Waals surface area contributed by atoms with Gasteiger partial charge in [0.1, 0.15) is 11.3 Å². The van der Waals surface area contributed by atoms with Crippen molar-refractivity contribution in [1.29, 1.82) is 0 Å². The van der Waals surface area contributed by atoms with Crippen molar-refractivity contribution < 1.29 is 17.9 Å². The Morgan fingerprint density at radius 3 is 2.54 bits per heavy atom. The summed E-state index contributed by atoms with van der Waals surface area (Å²) in [6.07, 6.45) is -0.272. The van der Waals surface area contributed by atoms with Gasteiger partial charge in [-0.15, -0.1) is 0 Å². The lowest BCUT2D eigenvalue weighted by atomic mass is 9.33. The Morgan fingerprint density at radius 2 is 1.86 bits per heavy atom. The molecule has 9 nitrogen and oxygen atoms in total. The molecule has 1 aliphatic heterocycles. The summed E-state index contributed by atoms with van der Waals surface area (Å²) in [4.78, 5) is 34.6. The van der Waals surface area contributed by atoms with Crippen LogP contribution in [0.25, 0.3) is 10.9 Å². The molecule has 7 rings (SSSR count). The lowest BCUT2D eigenvalue weighted by Crippen LogP contribution is -2.70. The minimum atomic E-state index is -4.24. The predicted molar refractivity (Wildman–Crippen MR) is 128 cm³/mol. The van der Waals surface area contributed by atoms with Crippen molar-refractivity contribution in [3.05, 3.63) is 62.3 Å². The Balaban J connectivity index is 1.38. The van der Waals surface area contributed by atoms with Crippen molar-refractivity contribution >= 4 is 10.9 Å². The van der Waals surface area contributed by atoms with Gasteiger partial charge in [-0.3, -0.25) is 9.59 Å². The summed E-state index contributed by atoms with van der Waals surface area (Å²) in [6, 6.07) is 3.23. The minimum absolute atomic E-state index is 0.0211. The van der Waals surface area contributed by atoms with Crippen LogP contribution in [-0.2, 0) is 17.2 Å². The van der Waals surface area contributed by atoms with Crippen molar-refractivity contribution in [2.24, 2.45) is 12.5 Å². The predicted octanol–water partition coefficient (Wildman–Crippen LogP) is 2.70. The zero-order valence-corrected chi connectivity index (χ0v) is 20.7. The van der Waals surface area contributed by atoms with Crippen LogP contribution in [0.2, 0.25) is 0 Å². The molecule has 3 saturated carbocycles. The van der Waals surface area contributed by atoms with Gasteiger partial charge in [0.25, 0.3) is 11.1 Å². The highest BCUT2D eigenvalue weighted by Gasteiger charge is 2.79. The van der Waals surface area contributed by atoms with E-state index in [0.717, 1.165) is 5.56 Å². The molecule has 196 valence electrons. The number of ether oxygens (including phenoxy) is 1. The van der Waals surface area contributed by atoms with E-state index in [1.54, 1.807) is 31.4 Å². The second-order valence-corrected chi connectivity index (χ2v) is 10.9. The lowest BCUT2D eigenvalue weighted by Gasteiger charge is -2.70. The van der Waals surface area contributed by atoms with E-state index in [1.807, 2.05) is 0 Å². The van der Waals surface area contributed by atoms with Gasteiger partial charge in [0.05, 0.1) is 23.4 Å². The molecule has 4 fully saturated rings. The lowest BCUT2D eigenvalue weighted by molar-refractivity contribution is -0.337. The van der Waals surface area contributed by atoms with Crippen LogP contribution in [0.1, 0.15) is 61.2 Å². The van der Waals surface area contributed by atoms with Gasteiger partial charge < -0.3 is 9.75 Å². The second-order valence-electron chi connectivity index (χ2n) is 10.9. The zero-order valence-electron chi connectivity index (χ0n) is 20.7. The first-order chi connectivity index (χ1) is 17.4. The summed E-state index contributed by atoms with van der Waals surface area (Å²) in [7, 11) is 5.06. The maximum Gasteiger partial charge on any atom is 0.394 e. The average Bonchev–Trinajstić information content (AvgIpc) is 2.79. The quantitative estimate of drug-likeness (QED) is 0.526. The van der Waals surface area contributed by atoms with E-state index in [-0.39, 0.29) is 42.4 Å². The van der Waals surface area contributed by atoms with Crippen molar-refractivity contribution in [3.8, 4) is 0 Å². The summed E-state index contributed by atoms with van der Waals surface area (Å²) in [5, 5.41) is 6.20. The number of fused-ring (bicyclic) bond motifs is 1. The van der Waals surface area contributed by atoms with Crippen molar-refractivity contribution in [3.63, 3.8) is 0 Å². The van der Waals surface area contributed by atoms with E-state index in [4.69, 9.17) is 9.72 Å². The van der Waals surface area contributed by atoms with Gasteiger partial charge in [-0.25, -0.2) is 19.3 Å². The van der Waals surface area contributed by atoms with Crippen LogP contribution in [-0.4, -0.2) is 51.3 Å². The van der Waals surface area contributed by atoms with Gasteiger partial charge >= 0.3 is 6.18 Å². The maximum atomic E-state index is 13.6. The molecule has 2 atom stereocenters. The molecule has 0 aromatic carbocycles. The molecule has 3 aliphatic carbocycles. The van der Waals surface area contributed by atoms with E-state index in [9.17, 15) is 22.8 Å². The SMILES string of the molecule is CN(C)n1cc(C2CC(c3nc(C45CC(C(F)(F)F)(C4)C5)c4cnn(C)c(=O)c4n3)CCO2)ccc1=O. The van der Waals surface area contributed by atoms with E-state index >= 15 is 0 Å². The molecule has 0 spiro atoms. The van der Waals surface area contributed by atoms with Crippen LogP contribution >= 0.6 is 0 Å². The Labute approximate surface area is 209 Å². The van der Waals surface area contributed by atoms with E-state index in [2.05, 4.69) is 10.1 Å². The zero-order chi connectivity index (χ0) is 26.3. The fraction of sp³-hybridized carbons (Fsp3) is 0.560. The molecule has 3 aromatic rings. The highest BCUT2D eigenvalue weighted by molar-refractivity contribution is 5.81. The summed E-state index contributed by atoms with van der Waals surface area (Å²) in [5.41, 5.74) is -1.39. The standard InChI is InChI=1S/C25H27F3N6O3/c1-32(2)34-10-15(4-5-18(34)35)17-8-14(6-7-37-17)21-30-19-16(9-29-33(3)22(19)36)20(31-21)23-11-24(12-23,13-23)25(26,27)28/h4-5,9-10,14,17H,6-8,11-13H2,1-3H3. The van der Waals surface area contributed by atoms with E-state index in [1.165, 1.54) is 28.7 Å². The Hall–Kier alpha value is -3.28. The first kappa shape index (κ1) is 24.1. The third-order valence-electron chi connectivity index (χ3n) is 8.32. The van der Waals surface area contributed by atoms with Crippen LogP contribution in [0.4, 0.5) is 13.2 Å². The number of alkyl halides is 3. The number of halogens is 3. The molecular formula is C25H27F3N6O3. The fourth-order valence-electron chi connectivity index (χ4n) is 6.31. The monoisotopic (exact) mass is 516 g/mol. The van der Waals surface area contributed by atoms with E-state index in [0.29, 0.717) is 36.4 Å².